The molecule has 0 saturated heterocycles. The quantitative estimate of drug-likeness (QED) is 0.541. The monoisotopic (exact) mass is 159 g/mol. The van der Waals surface area contributed by atoms with Crippen molar-refractivity contribution in [3.63, 3.8) is 0 Å². The predicted molar refractivity (Wildman–Crippen MR) is 37.0 cm³/mol. The molecule has 1 aromatic heterocycles. The minimum atomic E-state index is -0.368. The molecule has 0 amide bonds. The molecule has 0 spiro atoms. The van der Waals surface area contributed by atoms with Crippen LogP contribution in [0.2, 0.25) is 5.15 Å². The molecule has 0 fully saturated rings. The van der Waals surface area contributed by atoms with Gasteiger partial charge in [-0.05, 0) is 6.92 Å². The Kier molecular flexibility index (Phi) is 1.72. The van der Waals surface area contributed by atoms with E-state index in [1.54, 1.807) is 6.92 Å². The van der Waals surface area contributed by atoms with Gasteiger partial charge in [0.1, 0.15) is 5.82 Å². The van der Waals surface area contributed by atoms with Crippen molar-refractivity contribution in [1.29, 1.82) is 0 Å². The van der Waals surface area contributed by atoms with E-state index in [1.807, 2.05) is 0 Å². The molecule has 1 rings (SSSR count). The predicted octanol–water partition coefficient (Wildman–Crippen LogP) is 0.137. The molecule has 0 unspecified atom stereocenters. The van der Waals surface area contributed by atoms with Gasteiger partial charge in [-0.25, -0.2) is 9.67 Å². The van der Waals surface area contributed by atoms with Crippen LogP contribution in [0.25, 0.3) is 0 Å². The lowest BCUT2D eigenvalue weighted by molar-refractivity contribution is 0.669. The van der Waals surface area contributed by atoms with Gasteiger partial charge >= 0.3 is 5.56 Å². The zero-order valence-corrected chi connectivity index (χ0v) is 6.38. The second-order valence-electron chi connectivity index (χ2n) is 1.88. The van der Waals surface area contributed by atoms with Crippen molar-refractivity contribution in [2.75, 3.05) is 0 Å². The van der Waals surface area contributed by atoms with E-state index in [4.69, 9.17) is 11.6 Å². The summed E-state index contributed by atoms with van der Waals surface area (Å²) in [7, 11) is 1.53. The lowest BCUT2D eigenvalue weighted by atomic mass is 10.7. The zero-order chi connectivity index (χ0) is 7.72. The summed E-state index contributed by atoms with van der Waals surface area (Å²) in [6.45, 7) is 1.67. The summed E-state index contributed by atoms with van der Waals surface area (Å²) in [6.07, 6.45) is 0. The second-order valence-corrected chi connectivity index (χ2v) is 2.24. The third-order valence-corrected chi connectivity index (χ3v) is 1.27. The first-order valence-electron chi connectivity index (χ1n) is 2.68. The Morgan fingerprint density at radius 3 is 2.70 bits per heavy atom. The van der Waals surface area contributed by atoms with E-state index in [9.17, 15) is 4.79 Å². The number of hydrogen-bond acceptors (Lipinski definition) is 3. The van der Waals surface area contributed by atoms with Crippen LogP contribution in [-0.4, -0.2) is 14.8 Å². The highest BCUT2D eigenvalue weighted by molar-refractivity contribution is 6.29. The number of rotatable bonds is 0. The molecule has 0 aliphatic rings. The molecule has 1 aromatic rings. The maximum absolute atomic E-state index is 10.8. The van der Waals surface area contributed by atoms with Gasteiger partial charge in [-0.3, -0.25) is 4.79 Å². The van der Waals surface area contributed by atoms with Gasteiger partial charge in [0.2, 0.25) is 0 Å². The fourth-order valence-corrected chi connectivity index (χ4v) is 0.853. The maximum atomic E-state index is 10.8. The summed E-state index contributed by atoms with van der Waals surface area (Å²) >= 11 is 5.43. The summed E-state index contributed by atoms with van der Waals surface area (Å²) in [5.74, 6) is 0.493. The summed E-state index contributed by atoms with van der Waals surface area (Å²) < 4.78 is 1.16. The molecule has 10 heavy (non-hydrogen) atoms. The number of halogens is 1. The van der Waals surface area contributed by atoms with Crippen LogP contribution in [0, 0.1) is 6.92 Å². The van der Waals surface area contributed by atoms with Gasteiger partial charge in [-0.1, -0.05) is 11.6 Å². The minimum Gasteiger partial charge on any atom is -0.264 e. The van der Waals surface area contributed by atoms with Gasteiger partial charge < -0.3 is 0 Å². The summed E-state index contributed by atoms with van der Waals surface area (Å²) in [6, 6.07) is 0. The number of nitrogens with zero attached hydrogens (tertiary/aromatic N) is 3. The third kappa shape index (κ3) is 1.16. The van der Waals surface area contributed by atoms with Crippen molar-refractivity contribution < 1.29 is 0 Å². The molecule has 0 saturated carbocycles. The van der Waals surface area contributed by atoms with Gasteiger partial charge in [0.25, 0.3) is 0 Å². The molecule has 4 nitrogen and oxygen atoms in total. The van der Waals surface area contributed by atoms with Crippen LogP contribution in [0.3, 0.4) is 0 Å². The van der Waals surface area contributed by atoms with E-state index in [0.717, 1.165) is 4.68 Å². The number of aryl methyl sites for hydroxylation is 2. The lowest BCUT2D eigenvalue weighted by Crippen LogP contribution is -2.22. The van der Waals surface area contributed by atoms with Crippen molar-refractivity contribution in [2.24, 2.45) is 7.05 Å². The molecular weight excluding hydrogens is 154 g/mol. The minimum absolute atomic E-state index is 0.0324. The van der Waals surface area contributed by atoms with Gasteiger partial charge in [0.15, 0.2) is 5.15 Å². The van der Waals surface area contributed by atoms with Crippen LogP contribution >= 0.6 is 11.6 Å². The SMILES string of the molecule is Cc1nc(Cl)c(=O)n(C)n1. The maximum Gasteiger partial charge on any atom is 0.304 e. The molecule has 0 N–H and O–H groups in total. The van der Waals surface area contributed by atoms with Gasteiger partial charge in [-0.15, -0.1) is 0 Å². The average molecular weight is 160 g/mol. The van der Waals surface area contributed by atoms with Crippen molar-refractivity contribution in [3.05, 3.63) is 21.3 Å². The number of hydrogen-bond donors (Lipinski definition) is 0. The summed E-state index contributed by atoms with van der Waals surface area (Å²) in [4.78, 5) is 14.5. The molecular formula is C5H6ClN3O. The Labute approximate surface area is 62.5 Å². The third-order valence-electron chi connectivity index (χ3n) is 1.03. The highest BCUT2D eigenvalue weighted by Crippen LogP contribution is 1.93. The molecule has 0 atom stereocenters. The Hall–Kier alpha value is -0.900. The summed E-state index contributed by atoms with van der Waals surface area (Å²) in [5, 5.41) is 3.71. The molecule has 0 bridgehead atoms. The topological polar surface area (TPSA) is 47.8 Å². The van der Waals surface area contributed by atoms with Crippen molar-refractivity contribution >= 4 is 11.6 Å². The standard InChI is InChI=1S/C5H6ClN3O/c1-3-7-4(6)5(10)9(2)8-3/h1-2H3. The fraction of sp³-hybridized carbons (Fsp3) is 0.400. The largest absolute Gasteiger partial charge is 0.304 e. The van der Waals surface area contributed by atoms with E-state index in [-0.39, 0.29) is 10.7 Å². The van der Waals surface area contributed by atoms with Crippen LogP contribution in [-0.2, 0) is 7.05 Å². The Bertz CT molecular complexity index is 280. The molecule has 5 heteroatoms. The van der Waals surface area contributed by atoms with Gasteiger partial charge in [0.05, 0.1) is 0 Å². The Morgan fingerprint density at radius 1 is 1.60 bits per heavy atom. The van der Waals surface area contributed by atoms with Crippen molar-refractivity contribution in [2.45, 2.75) is 6.92 Å². The van der Waals surface area contributed by atoms with Gasteiger partial charge in [0, 0.05) is 7.05 Å². The first-order chi connectivity index (χ1) is 4.61. The molecule has 0 aliphatic heterocycles. The smallest absolute Gasteiger partial charge is 0.264 e. The van der Waals surface area contributed by atoms with Crippen molar-refractivity contribution in [1.82, 2.24) is 14.8 Å². The normalized spacial score (nSPS) is 9.90. The first kappa shape index (κ1) is 7.21. The average Bonchev–Trinajstić information content (AvgIpc) is 1.82. The van der Waals surface area contributed by atoms with Gasteiger partial charge in [-0.2, -0.15) is 5.10 Å². The lowest BCUT2D eigenvalue weighted by Gasteiger charge is -1.96. The van der Waals surface area contributed by atoms with E-state index in [2.05, 4.69) is 10.1 Å². The van der Waals surface area contributed by atoms with Crippen molar-refractivity contribution in [3.8, 4) is 0 Å². The highest BCUT2D eigenvalue weighted by atomic mass is 35.5. The van der Waals surface area contributed by atoms with Crippen LogP contribution < -0.4 is 5.56 Å². The Morgan fingerprint density at radius 2 is 2.20 bits per heavy atom. The van der Waals surface area contributed by atoms with E-state index < -0.39 is 0 Å². The van der Waals surface area contributed by atoms with Crippen LogP contribution in [0.4, 0.5) is 0 Å². The molecule has 0 aliphatic carbocycles. The van der Waals surface area contributed by atoms with Crippen LogP contribution in [0.15, 0.2) is 4.79 Å². The molecule has 54 valence electrons. The zero-order valence-electron chi connectivity index (χ0n) is 5.63. The fourth-order valence-electron chi connectivity index (χ4n) is 0.608. The molecule has 1 heterocycles. The molecule has 0 radical (unpaired) electrons. The second kappa shape index (κ2) is 2.38. The van der Waals surface area contributed by atoms with Crippen LogP contribution in [0.5, 0.6) is 0 Å². The summed E-state index contributed by atoms with van der Waals surface area (Å²) in [5.41, 5.74) is -0.368. The Balaban J connectivity index is 3.46. The van der Waals surface area contributed by atoms with E-state index in [1.165, 1.54) is 7.05 Å². The first-order valence-corrected chi connectivity index (χ1v) is 3.06. The van der Waals surface area contributed by atoms with E-state index >= 15 is 0 Å². The highest BCUT2D eigenvalue weighted by Gasteiger charge is 2.00. The van der Waals surface area contributed by atoms with E-state index in [0.29, 0.717) is 5.82 Å². The molecule has 0 aromatic carbocycles. The van der Waals surface area contributed by atoms with Crippen LogP contribution in [0.1, 0.15) is 5.82 Å². The number of aromatic nitrogens is 3.